The molecule has 0 saturated heterocycles. The molecular weight excluding hydrogens is 298 g/mol. The number of rotatable bonds is 2. The van der Waals surface area contributed by atoms with Crippen LogP contribution in [-0.4, -0.2) is 20.4 Å². The lowest BCUT2D eigenvalue weighted by atomic mass is 10.3. The third-order valence-corrected chi connectivity index (χ3v) is 4.02. The molecule has 0 aliphatic rings. The molecule has 5 nitrogen and oxygen atoms in total. The number of nitrogens with zero attached hydrogens (tertiary/aromatic N) is 2. The molecule has 0 unspecified atom stereocenters. The molecule has 0 aliphatic heterocycles. The number of nitrogens with one attached hydrogen (secondary N) is 1. The summed E-state index contributed by atoms with van der Waals surface area (Å²) in [5, 5.41) is 14.7. The zero-order valence-corrected chi connectivity index (χ0v) is 12.0. The molecule has 0 atom stereocenters. The first-order valence-electron chi connectivity index (χ1n) is 5.77. The zero-order chi connectivity index (χ0) is 14.3. The lowest BCUT2D eigenvalue weighted by molar-refractivity contribution is 0.102. The second kappa shape index (κ2) is 4.81. The van der Waals surface area contributed by atoms with Crippen LogP contribution in [0.25, 0.3) is 4.96 Å². The number of halogens is 1. The lowest BCUT2D eigenvalue weighted by Crippen LogP contribution is -2.12. The molecule has 0 fully saturated rings. The second-order valence-corrected chi connectivity index (χ2v) is 5.54. The van der Waals surface area contributed by atoms with Crippen LogP contribution in [0.15, 0.2) is 29.8 Å². The van der Waals surface area contributed by atoms with Gasteiger partial charge in [0.2, 0.25) is 0 Å². The average molecular weight is 308 g/mol. The predicted octanol–water partition coefficient (Wildman–Crippen LogP) is 3.32. The standard InChI is InChI=1S/C13H10ClN3O2S/c1-7-6-20-13-16-10(5-17(7)13)12(19)15-9-4-8(14)2-3-11(9)18/h2-6,18H,1H3,(H,15,19). The minimum atomic E-state index is -0.391. The highest BCUT2D eigenvalue weighted by Crippen LogP contribution is 2.27. The molecule has 2 aromatic heterocycles. The van der Waals surface area contributed by atoms with Crippen LogP contribution < -0.4 is 5.32 Å². The van der Waals surface area contributed by atoms with Crippen LogP contribution >= 0.6 is 22.9 Å². The van der Waals surface area contributed by atoms with E-state index in [2.05, 4.69) is 10.3 Å². The summed E-state index contributed by atoms with van der Waals surface area (Å²) in [7, 11) is 0. The fraction of sp³-hybridized carbons (Fsp3) is 0.0769. The van der Waals surface area contributed by atoms with Crippen LogP contribution in [0.5, 0.6) is 5.75 Å². The molecule has 3 rings (SSSR count). The average Bonchev–Trinajstić information content (AvgIpc) is 2.97. The van der Waals surface area contributed by atoms with Crippen molar-refractivity contribution in [2.24, 2.45) is 0 Å². The summed E-state index contributed by atoms with van der Waals surface area (Å²) in [6.07, 6.45) is 1.66. The van der Waals surface area contributed by atoms with E-state index in [4.69, 9.17) is 11.6 Å². The van der Waals surface area contributed by atoms with Gasteiger partial charge in [-0.05, 0) is 25.1 Å². The van der Waals surface area contributed by atoms with Gasteiger partial charge >= 0.3 is 0 Å². The van der Waals surface area contributed by atoms with Gasteiger partial charge in [0.05, 0.1) is 5.69 Å². The second-order valence-electron chi connectivity index (χ2n) is 4.27. The molecular formula is C13H10ClN3O2S. The molecule has 2 heterocycles. The van der Waals surface area contributed by atoms with Crippen LogP contribution in [0.4, 0.5) is 5.69 Å². The van der Waals surface area contributed by atoms with Crippen molar-refractivity contribution in [2.45, 2.75) is 6.92 Å². The number of carbonyl (C=O) groups excluding carboxylic acids is 1. The Bertz CT molecular complexity index is 809. The minimum absolute atomic E-state index is 0.0417. The topological polar surface area (TPSA) is 66.6 Å². The third kappa shape index (κ3) is 2.23. The Morgan fingerprint density at radius 1 is 1.50 bits per heavy atom. The number of imidazole rings is 1. The van der Waals surface area contributed by atoms with E-state index in [1.165, 1.54) is 23.5 Å². The predicted molar refractivity (Wildman–Crippen MR) is 78.9 cm³/mol. The molecule has 0 saturated carbocycles. The number of hydrogen-bond donors (Lipinski definition) is 2. The van der Waals surface area contributed by atoms with Crippen molar-refractivity contribution >= 4 is 39.5 Å². The van der Waals surface area contributed by atoms with Gasteiger partial charge in [0.15, 0.2) is 4.96 Å². The number of fused-ring (bicyclic) bond motifs is 1. The smallest absolute Gasteiger partial charge is 0.276 e. The largest absolute Gasteiger partial charge is 0.506 e. The van der Waals surface area contributed by atoms with Gasteiger partial charge in [-0.2, -0.15) is 0 Å². The first-order valence-corrected chi connectivity index (χ1v) is 7.03. The van der Waals surface area contributed by atoms with E-state index in [9.17, 15) is 9.90 Å². The van der Waals surface area contributed by atoms with Crippen LogP contribution in [-0.2, 0) is 0 Å². The highest BCUT2D eigenvalue weighted by molar-refractivity contribution is 7.15. The highest BCUT2D eigenvalue weighted by Gasteiger charge is 2.14. The normalized spacial score (nSPS) is 10.9. The fourth-order valence-electron chi connectivity index (χ4n) is 1.80. The van der Waals surface area contributed by atoms with Gasteiger partial charge in [0, 0.05) is 22.3 Å². The van der Waals surface area contributed by atoms with E-state index < -0.39 is 5.91 Å². The maximum atomic E-state index is 12.1. The van der Waals surface area contributed by atoms with Crippen LogP contribution in [0.1, 0.15) is 16.2 Å². The molecule has 0 bridgehead atoms. The minimum Gasteiger partial charge on any atom is -0.506 e. The molecule has 0 aliphatic carbocycles. The molecule has 0 radical (unpaired) electrons. The first-order chi connectivity index (χ1) is 9.54. The fourth-order valence-corrected chi connectivity index (χ4v) is 2.82. The Morgan fingerprint density at radius 2 is 2.30 bits per heavy atom. The number of amides is 1. The molecule has 3 aromatic rings. The zero-order valence-electron chi connectivity index (χ0n) is 10.4. The van der Waals surface area contributed by atoms with Crippen LogP contribution in [0.3, 0.4) is 0 Å². The van der Waals surface area contributed by atoms with E-state index in [1.807, 2.05) is 16.7 Å². The van der Waals surface area contributed by atoms with Gasteiger partial charge in [-0.3, -0.25) is 9.20 Å². The molecule has 102 valence electrons. The summed E-state index contributed by atoms with van der Waals surface area (Å²) in [6, 6.07) is 4.45. The Kier molecular flexibility index (Phi) is 3.11. The molecule has 7 heteroatoms. The number of phenolic OH excluding ortho intramolecular Hbond substituents is 1. The van der Waals surface area contributed by atoms with Crippen molar-refractivity contribution in [3.8, 4) is 5.75 Å². The lowest BCUT2D eigenvalue weighted by Gasteiger charge is -2.05. The maximum Gasteiger partial charge on any atom is 0.276 e. The monoisotopic (exact) mass is 307 g/mol. The van der Waals surface area contributed by atoms with Crippen molar-refractivity contribution in [1.29, 1.82) is 0 Å². The van der Waals surface area contributed by atoms with Crippen LogP contribution in [0, 0.1) is 6.92 Å². The van der Waals surface area contributed by atoms with E-state index in [0.29, 0.717) is 10.7 Å². The van der Waals surface area contributed by atoms with E-state index in [-0.39, 0.29) is 11.4 Å². The highest BCUT2D eigenvalue weighted by atomic mass is 35.5. The van der Waals surface area contributed by atoms with Gasteiger partial charge in [-0.25, -0.2) is 4.98 Å². The van der Waals surface area contributed by atoms with Crippen molar-refractivity contribution < 1.29 is 9.90 Å². The van der Waals surface area contributed by atoms with Gasteiger partial charge in [-0.1, -0.05) is 11.6 Å². The number of anilines is 1. The Labute approximate surface area is 123 Å². The molecule has 2 N–H and O–H groups in total. The quantitative estimate of drug-likeness (QED) is 0.714. The Hall–Kier alpha value is -2.05. The number of hydrogen-bond acceptors (Lipinski definition) is 4. The maximum absolute atomic E-state index is 12.1. The van der Waals surface area contributed by atoms with Crippen molar-refractivity contribution in [3.63, 3.8) is 0 Å². The van der Waals surface area contributed by atoms with E-state index >= 15 is 0 Å². The Balaban J connectivity index is 1.90. The first kappa shape index (κ1) is 13.0. The summed E-state index contributed by atoms with van der Waals surface area (Å²) in [5.41, 5.74) is 1.57. The van der Waals surface area contributed by atoms with Crippen molar-refractivity contribution in [3.05, 3.63) is 46.2 Å². The van der Waals surface area contributed by atoms with E-state index in [1.54, 1.807) is 12.3 Å². The number of aryl methyl sites for hydroxylation is 1. The molecule has 0 spiro atoms. The summed E-state index contributed by atoms with van der Waals surface area (Å²) < 4.78 is 1.84. The van der Waals surface area contributed by atoms with Crippen molar-refractivity contribution in [1.82, 2.24) is 9.38 Å². The number of phenols is 1. The summed E-state index contributed by atoms with van der Waals surface area (Å²) in [6.45, 7) is 1.94. The molecule has 1 amide bonds. The summed E-state index contributed by atoms with van der Waals surface area (Å²) in [4.78, 5) is 17.1. The molecule has 20 heavy (non-hydrogen) atoms. The SMILES string of the molecule is Cc1csc2nc(C(=O)Nc3cc(Cl)ccc3O)cn12. The molecule has 1 aromatic carbocycles. The number of aromatic nitrogens is 2. The van der Waals surface area contributed by atoms with Gasteiger partial charge in [0.25, 0.3) is 5.91 Å². The van der Waals surface area contributed by atoms with Crippen LogP contribution in [0.2, 0.25) is 5.02 Å². The number of aromatic hydroxyl groups is 1. The van der Waals surface area contributed by atoms with Gasteiger partial charge in [0.1, 0.15) is 11.4 Å². The van der Waals surface area contributed by atoms with Crippen molar-refractivity contribution in [2.75, 3.05) is 5.32 Å². The summed E-state index contributed by atoms with van der Waals surface area (Å²) >= 11 is 7.30. The number of benzene rings is 1. The number of carbonyl (C=O) groups is 1. The van der Waals surface area contributed by atoms with Gasteiger partial charge in [-0.15, -0.1) is 11.3 Å². The van der Waals surface area contributed by atoms with Gasteiger partial charge < -0.3 is 10.4 Å². The van der Waals surface area contributed by atoms with E-state index in [0.717, 1.165) is 10.7 Å². The number of thiazole rings is 1. The Morgan fingerprint density at radius 3 is 3.05 bits per heavy atom. The summed E-state index contributed by atoms with van der Waals surface area (Å²) in [5.74, 6) is -0.433. The third-order valence-electron chi connectivity index (χ3n) is 2.83.